The van der Waals surface area contributed by atoms with E-state index in [-0.39, 0.29) is 24.9 Å². The van der Waals surface area contributed by atoms with E-state index in [9.17, 15) is 4.79 Å². The lowest BCUT2D eigenvalue weighted by atomic mass is 10.3. The molecule has 1 rings (SSSR count). The van der Waals surface area contributed by atoms with Crippen LogP contribution >= 0.6 is 35.0 Å². The zero-order chi connectivity index (χ0) is 13.2. The molecule has 0 fully saturated rings. The Bertz CT molecular complexity index is 360. The van der Waals surface area contributed by atoms with Crippen LogP contribution in [0.2, 0.25) is 0 Å². The molecule has 6 heteroatoms. The molecule has 19 heavy (non-hydrogen) atoms. The van der Waals surface area contributed by atoms with E-state index in [0.717, 1.165) is 28.8 Å². The lowest BCUT2D eigenvalue weighted by Gasteiger charge is -2.08. The number of rotatable bonds is 8. The van der Waals surface area contributed by atoms with Crippen molar-refractivity contribution in [1.29, 1.82) is 0 Å². The molecule has 0 aliphatic rings. The van der Waals surface area contributed by atoms with Crippen LogP contribution in [0.3, 0.4) is 0 Å². The molecule has 0 radical (unpaired) electrons. The first kappa shape index (κ1) is 18.5. The van der Waals surface area contributed by atoms with Crippen LogP contribution in [0.1, 0.15) is 13.3 Å². The fraction of sp³-hybridized carbons (Fsp3) is 0.462. The molecule has 0 heterocycles. The normalized spacial score (nSPS) is 9.58. The van der Waals surface area contributed by atoms with Gasteiger partial charge in [0.15, 0.2) is 6.61 Å². The van der Waals surface area contributed by atoms with E-state index in [2.05, 4.69) is 40.1 Å². The molecule has 1 aromatic carbocycles. The van der Waals surface area contributed by atoms with Crippen LogP contribution in [-0.2, 0) is 4.79 Å². The summed E-state index contributed by atoms with van der Waals surface area (Å²) in [6, 6.07) is 7.61. The largest absolute Gasteiger partial charge is 0.484 e. The van der Waals surface area contributed by atoms with Gasteiger partial charge in [-0.1, -0.05) is 6.92 Å². The first-order valence-electron chi connectivity index (χ1n) is 6.08. The van der Waals surface area contributed by atoms with Crippen LogP contribution in [0, 0.1) is 3.57 Å². The molecule has 0 aliphatic carbocycles. The summed E-state index contributed by atoms with van der Waals surface area (Å²) in [6.07, 6.45) is 1.10. The average Bonchev–Trinajstić information content (AvgIpc) is 2.38. The Hall–Kier alpha value is -0.530. The number of hydrogen-bond acceptors (Lipinski definition) is 3. The van der Waals surface area contributed by atoms with Gasteiger partial charge in [-0.25, -0.2) is 0 Å². The highest BCUT2D eigenvalue weighted by atomic mass is 127. The minimum atomic E-state index is -0.0909. The van der Waals surface area contributed by atoms with E-state index >= 15 is 0 Å². The number of halogens is 2. The van der Waals surface area contributed by atoms with Crippen molar-refractivity contribution >= 4 is 40.9 Å². The molecule has 0 unspecified atom stereocenters. The molecule has 1 amide bonds. The molecule has 4 nitrogen and oxygen atoms in total. The number of ether oxygens (including phenoxy) is 1. The van der Waals surface area contributed by atoms with Crippen LogP contribution in [0.4, 0.5) is 0 Å². The second-order valence-electron chi connectivity index (χ2n) is 3.84. The van der Waals surface area contributed by atoms with Crippen molar-refractivity contribution in [2.45, 2.75) is 13.3 Å². The fourth-order valence-electron chi connectivity index (χ4n) is 1.32. The van der Waals surface area contributed by atoms with E-state index in [1.54, 1.807) is 0 Å². The zero-order valence-electron chi connectivity index (χ0n) is 10.9. The Balaban J connectivity index is 0.00000324. The Kier molecular flexibility index (Phi) is 11.0. The van der Waals surface area contributed by atoms with E-state index in [1.807, 2.05) is 24.3 Å². The van der Waals surface area contributed by atoms with E-state index in [1.165, 1.54) is 0 Å². The summed E-state index contributed by atoms with van der Waals surface area (Å²) < 4.78 is 6.51. The second kappa shape index (κ2) is 11.3. The van der Waals surface area contributed by atoms with E-state index in [0.29, 0.717) is 6.54 Å². The van der Waals surface area contributed by atoms with Gasteiger partial charge in [-0.3, -0.25) is 4.79 Å². The van der Waals surface area contributed by atoms with Gasteiger partial charge >= 0.3 is 0 Å². The molecule has 0 bridgehead atoms. The number of nitrogens with one attached hydrogen (secondary N) is 2. The molecule has 108 valence electrons. The van der Waals surface area contributed by atoms with Crippen molar-refractivity contribution in [3.63, 3.8) is 0 Å². The monoisotopic (exact) mass is 398 g/mol. The highest BCUT2D eigenvalue weighted by Gasteiger charge is 2.01. The molecular weight excluding hydrogens is 379 g/mol. The number of carbonyl (C=O) groups is 1. The Morgan fingerprint density at radius 1 is 1.21 bits per heavy atom. The Morgan fingerprint density at radius 2 is 1.89 bits per heavy atom. The lowest BCUT2D eigenvalue weighted by Crippen LogP contribution is -2.34. The highest BCUT2D eigenvalue weighted by molar-refractivity contribution is 14.1. The number of carbonyl (C=O) groups excluding carboxylic acids is 1. The summed E-state index contributed by atoms with van der Waals surface area (Å²) in [5, 5.41) is 6.01. The predicted molar refractivity (Wildman–Crippen MR) is 88.1 cm³/mol. The van der Waals surface area contributed by atoms with Gasteiger partial charge in [0.2, 0.25) is 0 Å². The predicted octanol–water partition coefficient (Wildman–Crippen LogP) is 2.21. The van der Waals surface area contributed by atoms with Gasteiger partial charge in [-0.15, -0.1) is 12.4 Å². The third-order valence-electron chi connectivity index (χ3n) is 2.23. The number of benzene rings is 1. The van der Waals surface area contributed by atoms with Crippen LogP contribution in [-0.4, -0.2) is 32.1 Å². The summed E-state index contributed by atoms with van der Waals surface area (Å²) in [4.78, 5) is 11.5. The molecule has 0 saturated carbocycles. The van der Waals surface area contributed by atoms with Gasteiger partial charge in [0, 0.05) is 16.7 Å². The van der Waals surface area contributed by atoms with Crippen LogP contribution < -0.4 is 15.4 Å². The second-order valence-corrected chi connectivity index (χ2v) is 5.09. The maximum atomic E-state index is 11.5. The first-order valence-corrected chi connectivity index (χ1v) is 7.16. The minimum absolute atomic E-state index is 0. The SMILES string of the molecule is CCCNCCNC(=O)COc1ccc(I)cc1.Cl. The lowest BCUT2D eigenvalue weighted by molar-refractivity contribution is -0.123. The smallest absolute Gasteiger partial charge is 0.257 e. The van der Waals surface area contributed by atoms with Crippen molar-refractivity contribution < 1.29 is 9.53 Å². The molecule has 0 atom stereocenters. The summed E-state index contributed by atoms with van der Waals surface area (Å²) in [5.74, 6) is 0.626. The van der Waals surface area contributed by atoms with Crippen molar-refractivity contribution in [1.82, 2.24) is 10.6 Å². The first-order chi connectivity index (χ1) is 8.72. The Morgan fingerprint density at radius 3 is 2.53 bits per heavy atom. The molecule has 0 saturated heterocycles. The highest BCUT2D eigenvalue weighted by Crippen LogP contribution is 2.12. The van der Waals surface area contributed by atoms with Crippen molar-refractivity contribution in [3.05, 3.63) is 27.8 Å². The van der Waals surface area contributed by atoms with Crippen molar-refractivity contribution in [2.24, 2.45) is 0 Å². The fourth-order valence-corrected chi connectivity index (χ4v) is 1.68. The van der Waals surface area contributed by atoms with E-state index in [4.69, 9.17) is 4.74 Å². The summed E-state index contributed by atoms with van der Waals surface area (Å²) in [6.45, 7) is 4.59. The van der Waals surface area contributed by atoms with Gasteiger partial charge in [-0.2, -0.15) is 0 Å². The number of amides is 1. The molecule has 0 spiro atoms. The minimum Gasteiger partial charge on any atom is -0.484 e. The van der Waals surface area contributed by atoms with Crippen LogP contribution in [0.15, 0.2) is 24.3 Å². The Labute approximate surface area is 134 Å². The van der Waals surface area contributed by atoms with Crippen molar-refractivity contribution in [3.8, 4) is 5.75 Å². The standard InChI is InChI=1S/C13H19IN2O2.ClH/c1-2-7-15-8-9-16-13(17)10-18-12-5-3-11(14)4-6-12;/h3-6,15H,2,7-10H2,1H3,(H,16,17);1H. The molecule has 0 aromatic heterocycles. The third kappa shape index (κ3) is 9.07. The van der Waals surface area contributed by atoms with Gasteiger partial charge in [0.1, 0.15) is 5.75 Å². The molecule has 1 aromatic rings. The number of hydrogen-bond donors (Lipinski definition) is 2. The van der Waals surface area contributed by atoms with Crippen LogP contribution in [0.5, 0.6) is 5.75 Å². The van der Waals surface area contributed by atoms with Gasteiger partial charge in [0.05, 0.1) is 0 Å². The summed E-state index contributed by atoms with van der Waals surface area (Å²) >= 11 is 2.23. The molecular formula is C13H20ClIN2O2. The summed E-state index contributed by atoms with van der Waals surface area (Å²) in [7, 11) is 0. The van der Waals surface area contributed by atoms with E-state index < -0.39 is 0 Å². The van der Waals surface area contributed by atoms with Crippen molar-refractivity contribution in [2.75, 3.05) is 26.2 Å². The zero-order valence-corrected chi connectivity index (χ0v) is 13.9. The van der Waals surface area contributed by atoms with Crippen LogP contribution in [0.25, 0.3) is 0 Å². The molecule has 2 N–H and O–H groups in total. The van der Waals surface area contributed by atoms with Gasteiger partial charge in [-0.05, 0) is 59.8 Å². The quantitative estimate of drug-likeness (QED) is 0.521. The summed E-state index contributed by atoms with van der Waals surface area (Å²) in [5.41, 5.74) is 0. The van der Waals surface area contributed by atoms with Gasteiger partial charge < -0.3 is 15.4 Å². The maximum absolute atomic E-state index is 11.5. The topological polar surface area (TPSA) is 50.4 Å². The maximum Gasteiger partial charge on any atom is 0.257 e. The van der Waals surface area contributed by atoms with Gasteiger partial charge in [0.25, 0.3) is 5.91 Å². The third-order valence-corrected chi connectivity index (χ3v) is 2.95. The molecule has 0 aliphatic heterocycles. The average molecular weight is 399 g/mol.